The van der Waals surface area contributed by atoms with E-state index in [0.717, 1.165) is 26.1 Å². The summed E-state index contributed by atoms with van der Waals surface area (Å²) in [5.41, 5.74) is 5.83. The maximum absolute atomic E-state index is 12.3. The highest BCUT2D eigenvalue weighted by atomic mass is 35.5. The summed E-state index contributed by atoms with van der Waals surface area (Å²) in [5.74, 6) is 0.646. The lowest BCUT2D eigenvalue weighted by Crippen LogP contribution is -2.33. The highest BCUT2D eigenvalue weighted by Crippen LogP contribution is 2.19. The molecule has 0 aliphatic carbocycles. The van der Waals surface area contributed by atoms with Crippen molar-refractivity contribution < 1.29 is 4.79 Å². The molecular formula is C13H19ClN4O. The van der Waals surface area contributed by atoms with Crippen LogP contribution in [0.4, 0.5) is 5.82 Å². The summed E-state index contributed by atoms with van der Waals surface area (Å²) >= 11 is 6.00. The van der Waals surface area contributed by atoms with E-state index in [0.29, 0.717) is 16.8 Å². The predicted octanol–water partition coefficient (Wildman–Crippen LogP) is 1.34. The standard InChI is InChI=1S/C13H19ClN4O/c1-17-6-5-9(7-17)8-18(2)13(19)12-10(14)3-4-11(15)16-12/h3-4,9H,5-8H2,1-2H3,(H2,15,16). The van der Waals surface area contributed by atoms with Crippen molar-refractivity contribution in [1.82, 2.24) is 14.8 Å². The van der Waals surface area contributed by atoms with Gasteiger partial charge in [-0.05, 0) is 38.1 Å². The van der Waals surface area contributed by atoms with Crippen molar-refractivity contribution in [3.05, 3.63) is 22.8 Å². The van der Waals surface area contributed by atoms with Gasteiger partial charge in [-0.2, -0.15) is 0 Å². The summed E-state index contributed by atoms with van der Waals surface area (Å²) < 4.78 is 0. The third-order valence-corrected chi connectivity index (χ3v) is 3.74. The van der Waals surface area contributed by atoms with Crippen LogP contribution in [0.2, 0.25) is 5.02 Å². The SMILES string of the molecule is CN1CCC(CN(C)C(=O)c2nc(N)ccc2Cl)C1. The van der Waals surface area contributed by atoms with Gasteiger partial charge in [0.15, 0.2) is 0 Å². The molecule has 0 radical (unpaired) electrons. The number of carbonyl (C=O) groups is 1. The van der Waals surface area contributed by atoms with Gasteiger partial charge in [0, 0.05) is 20.1 Å². The quantitative estimate of drug-likeness (QED) is 0.909. The average molecular weight is 283 g/mol. The molecule has 1 fully saturated rings. The molecule has 1 amide bonds. The Morgan fingerprint density at radius 2 is 2.37 bits per heavy atom. The van der Waals surface area contributed by atoms with Crippen LogP contribution in [0.1, 0.15) is 16.9 Å². The first-order chi connectivity index (χ1) is 8.97. The summed E-state index contributed by atoms with van der Waals surface area (Å²) in [4.78, 5) is 20.3. The lowest BCUT2D eigenvalue weighted by molar-refractivity contribution is 0.0768. The van der Waals surface area contributed by atoms with Gasteiger partial charge in [-0.3, -0.25) is 4.79 Å². The van der Waals surface area contributed by atoms with Crippen molar-refractivity contribution in [2.45, 2.75) is 6.42 Å². The molecule has 1 atom stereocenters. The van der Waals surface area contributed by atoms with E-state index in [9.17, 15) is 4.79 Å². The van der Waals surface area contributed by atoms with Crippen LogP contribution in [0.3, 0.4) is 0 Å². The van der Waals surface area contributed by atoms with Gasteiger partial charge in [0.2, 0.25) is 0 Å². The first kappa shape index (κ1) is 14.1. The van der Waals surface area contributed by atoms with Crippen molar-refractivity contribution in [1.29, 1.82) is 0 Å². The van der Waals surface area contributed by atoms with E-state index >= 15 is 0 Å². The zero-order valence-corrected chi connectivity index (χ0v) is 12.0. The number of anilines is 1. The lowest BCUT2D eigenvalue weighted by atomic mass is 10.1. The number of hydrogen-bond donors (Lipinski definition) is 1. The number of nitrogen functional groups attached to an aromatic ring is 1. The van der Waals surface area contributed by atoms with Gasteiger partial charge in [-0.15, -0.1) is 0 Å². The Kier molecular flexibility index (Phi) is 4.27. The van der Waals surface area contributed by atoms with Crippen LogP contribution in [0.5, 0.6) is 0 Å². The number of amides is 1. The summed E-state index contributed by atoms with van der Waals surface area (Å²) in [5, 5.41) is 0.342. The van der Waals surface area contributed by atoms with E-state index in [4.69, 9.17) is 17.3 Å². The highest BCUT2D eigenvalue weighted by molar-refractivity contribution is 6.33. The van der Waals surface area contributed by atoms with E-state index < -0.39 is 0 Å². The number of nitrogens with zero attached hydrogens (tertiary/aromatic N) is 3. The molecule has 1 aliphatic heterocycles. The van der Waals surface area contributed by atoms with Crippen LogP contribution in [-0.2, 0) is 0 Å². The van der Waals surface area contributed by atoms with Gasteiger partial charge >= 0.3 is 0 Å². The maximum Gasteiger partial charge on any atom is 0.273 e. The average Bonchev–Trinajstić information content (AvgIpc) is 2.77. The minimum atomic E-state index is -0.174. The molecule has 5 nitrogen and oxygen atoms in total. The van der Waals surface area contributed by atoms with Gasteiger partial charge < -0.3 is 15.5 Å². The van der Waals surface area contributed by atoms with Crippen LogP contribution in [0.15, 0.2) is 12.1 Å². The van der Waals surface area contributed by atoms with Crippen LogP contribution in [0.25, 0.3) is 0 Å². The summed E-state index contributed by atoms with van der Waals surface area (Å²) in [6.45, 7) is 2.83. The molecule has 2 heterocycles. The second kappa shape index (κ2) is 5.75. The Bertz CT molecular complexity index is 480. The van der Waals surface area contributed by atoms with Gasteiger partial charge in [0.1, 0.15) is 11.5 Å². The molecule has 6 heteroatoms. The second-order valence-electron chi connectivity index (χ2n) is 5.17. The fourth-order valence-corrected chi connectivity index (χ4v) is 2.62. The molecule has 0 spiro atoms. The molecule has 1 aromatic heterocycles. The molecule has 2 rings (SSSR count). The summed E-state index contributed by atoms with van der Waals surface area (Å²) in [7, 11) is 3.87. The zero-order valence-electron chi connectivity index (χ0n) is 11.3. The van der Waals surface area contributed by atoms with E-state index in [1.165, 1.54) is 0 Å². The minimum Gasteiger partial charge on any atom is -0.384 e. The minimum absolute atomic E-state index is 0.174. The molecule has 2 N–H and O–H groups in total. The van der Waals surface area contributed by atoms with Crippen molar-refractivity contribution in [2.24, 2.45) is 5.92 Å². The Hall–Kier alpha value is -1.33. The predicted molar refractivity (Wildman–Crippen MR) is 76.2 cm³/mol. The molecule has 104 valence electrons. The first-order valence-electron chi connectivity index (χ1n) is 6.33. The maximum atomic E-state index is 12.3. The van der Waals surface area contributed by atoms with Gasteiger partial charge in [-0.25, -0.2) is 4.98 Å². The number of likely N-dealkylation sites (tertiary alicyclic amines) is 1. The van der Waals surface area contributed by atoms with Crippen LogP contribution in [0, 0.1) is 5.92 Å². The number of pyridine rings is 1. The van der Waals surface area contributed by atoms with Crippen LogP contribution < -0.4 is 5.73 Å². The van der Waals surface area contributed by atoms with Crippen LogP contribution >= 0.6 is 11.6 Å². The highest BCUT2D eigenvalue weighted by Gasteiger charge is 2.24. The molecule has 1 saturated heterocycles. The summed E-state index contributed by atoms with van der Waals surface area (Å²) in [6.07, 6.45) is 1.12. The third-order valence-electron chi connectivity index (χ3n) is 3.44. The van der Waals surface area contributed by atoms with E-state index in [1.54, 1.807) is 24.1 Å². The second-order valence-corrected chi connectivity index (χ2v) is 5.58. The van der Waals surface area contributed by atoms with Crippen molar-refractivity contribution in [3.8, 4) is 0 Å². The Labute approximate surface area is 118 Å². The smallest absolute Gasteiger partial charge is 0.273 e. The largest absolute Gasteiger partial charge is 0.384 e. The molecular weight excluding hydrogens is 264 g/mol. The number of hydrogen-bond acceptors (Lipinski definition) is 4. The third kappa shape index (κ3) is 3.36. The van der Waals surface area contributed by atoms with E-state index in [1.807, 2.05) is 0 Å². The monoisotopic (exact) mass is 282 g/mol. The Balaban J connectivity index is 2.04. The lowest BCUT2D eigenvalue weighted by Gasteiger charge is -2.21. The molecule has 1 aromatic rings. The van der Waals surface area contributed by atoms with Crippen molar-refractivity contribution in [2.75, 3.05) is 39.5 Å². The van der Waals surface area contributed by atoms with E-state index in [-0.39, 0.29) is 11.6 Å². The molecule has 1 aliphatic rings. The molecule has 0 aromatic carbocycles. The first-order valence-corrected chi connectivity index (χ1v) is 6.71. The van der Waals surface area contributed by atoms with Crippen molar-refractivity contribution >= 4 is 23.3 Å². The molecule has 19 heavy (non-hydrogen) atoms. The van der Waals surface area contributed by atoms with E-state index in [2.05, 4.69) is 16.9 Å². The molecule has 0 saturated carbocycles. The Morgan fingerprint density at radius 1 is 1.63 bits per heavy atom. The number of halogens is 1. The molecule has 1 unspecified atom stereocenters. The Morgan fingerprint density at radius 3 is 3.00 bits per heavy atom. The van der Waals surface area contributed by atoms with Gasteiger partial charge in [0.05, 0.1) is 5.02 Å². The number of nitrogens with two attached hydrogens (primary N) is 1. The van der Waals surface area contributed by atoms with Crippen LogP contribution in [-0.4, -0.2) is 54.4 Å². The summed E-state index contributed by atoms with van der Waals surface area (Å²) in [6, 6.07) is 3.19. The fraction of sp³-hybridized carbons (Fsp3) is 0.538. The normalized spacial score (nSPS) is 19.6. The van der Waals surface area contributed by atoms with Crippen molar-refractivity contribution in [3.63, 3.8) is 0 Å². The van der Waals surface area contributed by atoms with Gasteiger partial charge in [0.25, 0.3) is 5.91 Å². The number of rotatable bonds is 3. The van der Waals surface area contributed by atoms with Gasteiger partial charge in [-0.1, -0.05) is 11.6 Å². The molecule has 0 bridgehead atoms. The fourth-order valence-electron chi connectivity index (χ4n) is 2.43. The zero-order chi connectivity index (χ0) is 14.0. The number of aromatic nitrogens is 1. The number of carbonyl (C=O) groups excluding carboxylic acids is 1. The topological polar surface area (TPSA) is 62.5 Å².